The van der Waals surface area contributed by atoms with Crippen LogP contribution >= 0.6 is 0 Å². The largest absolute Gasteiger partial charge is 0.341 e. The van der Waals surface area contributed by atoms with Crippen LogP contribution in [0.25, 0.3) is 0 Å². The number of aromatic nitrogens is 2. The molecule has 0 fully saturated rings. The lowest BCUT2D eigenvalue weighted by Crippen LogP contribution is -2.28. The number of amides is 1. The molecule has 0 N–H and O–H groups in total. The molecule has 22 heavy (non-hydrogen) atoms. The molecule has 0 unspecified atom stereocenters. The van der Waals surface area contributed by atoms with Crippen LogP contribution in [-0.2, 0) is 24.8 Å². The molecule has 1 aromatic carbocycles. The summed E-state index contributed by atoms with van der Waals surface area (Å²) in [6.45, 7) is 4.43. The van der Waals surface area contributed by atoms with Crippen molar-refractivity contribution < 1.29 is 4.79 Å². The van der Waals surface area contributed by atoms with Crippen molar-refractivity contribution in [2.45, 2.75) is 26.8 Å². The van der Waals surface area contributed by atoms with Crippen LogP contribution in [0, 0.1) is 25.2 Å². The standard InChI is InChI=1S/C17H20N4O/c1-12-16(13(2)21(4)19-12)9-17(22)20(3)11-15-7-5-14(10-18)6-8-15/h5-8H,9,11H2,1-4H3. The Morgan fingerprint density at radius 2 is 1.95 bits per heavy atom. The number of carbonyl (C=O) groups excluding carboxylic acids is 1. The summed E-state index contributed by atoms with van der Waals surface area (Å²) in [5, 5.41) is 13.1. The summed E-state index contributed by atoms with van der Waals surface area (Å²) in [7, 11) is 3.68. The molecule has 5 heteroatoms. The normalized spacial score (nSPS) is 10.3. The first kappa shape index (κ1) is 15.8. The zero-order valence-electron chi connectivity index (χ0n) is 13.4. The topological polar surface area (TPSA) is 61.9 Å². The maximum absolute atomic E-state index is 12.4. The summed E-state index contributed by atoms with van der Waals surface area (Å²) in [5.74, 6) is 0.0589. The van der Waals surface area contributed by atoms with Gasteiger partial charge in [-0.1, -0.05) is 12.1 Å². The lowest BCUT2D eigenvalue weighted by atomic mass is 10.1. The summed E-state index contributed by atoms with van der Waals surface area (Å²) < 4.78 is 1.80. The van der Waals surface area contributed by atoms with Crippen LogP contribution in [0.15, 0.2) is 24.3 Å². The first-order valence-corrected chi connectivity index (χ1v) is 7.14. The fourth-order valence-electron chi connectivity index (χ4n) is 2.41. The predicted octanol–water partition coefficient (Wildman–Crippen LogP) is 2.11. The van der Waals surface area contributed by atoms with Gasteiger partial charge in [0.15, 0.2) is 0 Å². The highest BCUT2D eigenvalue weighted by Gasteiger charge is 2.16. The van der Waals surface area contributed by atoms with Crippen LogP contribution in [0.4, 0.5) is 0 Å². The van der Waals surface area contributed by atoms with E-state index in [1.165, 1.54) is 0 Å². The Morgan fingerprint density at radius 3 is 2.45 bits per heavy atom. The average molecular weight is 296 g/mol. The number of aryl methyl sites for hydroxylation is 2. The van der Waals surface area contributed by atoms with Crippen LogP contribution in [0.3, 0.4) is 0 Å². The van der Waals surface area contributed by atoms with Gasteiger partial charge in [0.05, 0.1) is 23.7 Å². The van der Waals surface area contributed by atoms with Crippen molar-refractivity contribution in [2.24, 2.45) is 7.05 Å². The van der Waals surface area contributed by atoms with Gasteiger partial charge >= 0.3 is 0 Å². The Labute approximate surface area is 130 Å². The third-order valence-corrected chi connectivity index (χ3v) is 3.92. The van der Waals surface area contributed by atoms with Gasteiger partial charge in [0.2, 0.25) is 5.91 Å². The van der Waals surface area contributed by atoms with Gasteiger partial charge in [0, 0.05) is 31.9 Å². The second-order valence-corrected chi connectivity index (χ2v) is 5.51. The van der Waals surface area contributed by atoms with Crippen LogP contribution in [0.5, 0.6) is 0 Å². The van der Waals surface area contributed by atoms with Gasteiger partial charge < -0.3 is 4.90 Å². The molecule has 2 rings (SSSR count). The number of benzene rings is 1. The molecule has 0 atom stereocenters. The van der Waals surface area contributed by atoms with E-state index in [1.54, 1.807) is 28.8 Å². The van der Waals surface area contributed by atoms with Crippen molar-refractivity contribution in [2.75, 3.05) is 7.05 Å². The van der Waals surface area contributed by atoms with Gasteiger partial charge in [-0.05, 0) is 31.5 Å². The second kappa shape index (κ2) is 6.44. The molecule has 0 aliphatic rings. The molecular weight excluding hydrogens is 276 g/mol. The summed E-state index contributed by atoms with van der Waals surface area (Å²) in [4.78, 5) is 14.1. The van der Waals surface area contributed by atoms with Gasteiger partial charge in [0.25, 0.3) is 0 Å². The lowest BCUT2D eigenvalue weighted by molar-refractivity contribution is -0.129. The molecule has 0 aliphatic heterocycles. The van der Waals surface area contributed by atoms with Crippen molar-refractivity contribution in [1.82, 2.24) is 14.7 Å². The molecule has 1 heterocycles. The summed E-state index contributed by atoms with van der Waals surface area (Å²) >= 11 is 0. The minimum absolute atomic E-state index is 0.0589. The molecule has 0 bridgehead atoms. The number of carbonyl (C=O) groups is 1. The number of rotatable bonds is 4. The summed E-state index contributed by atoms with van der Waals surface area (Å²) in [6.07, 6.45) is 0.359. The van der Waals surface area contributed by atoms with E-state index in [0.717, 1.165) is 22.5 Å². The van der Waals surface area contributed by atoms with Gasteiger partial charge in [-0.2, -0.15) is 10.4 Å². The van der Waals surface area contributed by atoms with Gasteiger partial charge in [-0.15, -0.1) is 0 Å². The zero-order valence-corrected chi connectivity index (χ0v) is 13.4. The third-order valence-electron chi connectivity index (χ3n) is 3.92. The van der Waals surface area contributed by atoms with E-state index >= 15 is 0 Å². The van der Waals surface area contributed by atoms with E-state index in [9.17, 15) is 4.79 Å². The summed E-state index contributed by atoms with van der Waals surface area (Å²) in [6, 6.07) is 9.38. The molecule has 0 saturated carbocycles. The maximum Gasteiger partial charge on any atom is 0.227 e. The van der Waals surface area contributed by atoms with Crippen LogP contribution in [0.2, 0.25) is 0 Å². The van der Waals surface area contributed by atoms with E-state index in [2.05, 4.69) is 11.2 Å². The minimum Gasteiger partial charge on any atom is -0.341 e. The molecule has 5 nitrogen and oxygen atoms in total. The first-order chi connectivity index (χ1) is 10.4. The molecule has 2 aromatic rings. The Bertz CT molecular complexity index is 722. The van der Waals surface area contributed by atoms with Gasteiger partial charge in [-0.3, -0.25) is 9.48 Å². The van der Waals surface area contributed by atoms with Crippen molar-refractivity contribution in [3.63, 3.8) is 0 Å². The molecule has 0 saturated heterocycles. The molecular formula is C17H20N4O. The number of hydrogen-bond acceptors (Lipinski definition) is 3. The molecule has 114 valence electrons. The number of nitrogens with zero attached hydrogens (tertiary/aromatic N) is 4. The Balaban J connectivity index is 2.04. The highest BCUT2D eigenvalue weighted by atomic mass is 16.2. The zero-order chi connectivity index (χ0) is 16.3. The smallest absolute Gasteiger partial charge is 0.227 e. The Morgan fingerprint density at radius 1 is 1.32 bits per heavy atom. The quantitative estimate of drug-likeness (QED) is 0.868. The van der Waals surface area contributed by atoms with E-state index in [1.807, 2.05) is 33.0 Å². The monoisotopic (exact) mass is 296 g/mol. The van der Waals surface area contributed by atoms with Crippen LogP contribution < -0.4 is 0 Å². The van der Waals surface area contributed by atoms with E-state index in [-0.39, 0.29) is 5.91 Å². The Kier molecular flexibility index (Phi) is 4.62. The van der Waals surface area contributed by atoms with Gasteiger partial charge in [0.1, 0.15) is 0 Å². The van der Waals surface area contributed by atoms with Crippen molar-refractivity contribution >= 4 is 5.91 Å². The first-order valence-electron chi connectivity index (χ1n) is 7.14. The fraction of sp³-hybridized carbons (Fsp3) is 0.353. The molecule has 0 radical (unpaired) electrons. The van der Waals surface area contributed by atoms with Crippen molar-refractivity contribution in [3.8, 4) is 6.07 Å². The molecule has 1 aromatic heterocycles. The fourth-order valence-corrected chi connectivity index (χ4v) is 2.41. The SMILES string of the molecule is Cc1nn(C)c(C)c1CC(=O)N(C)Cc1ccc(C#N)cc1. The van der Waals surface area contributed by atoms with Crippen LogP contribution in [-0.4, -0.2) is 27.6 Å². The molecule has 0 aliphatic carbocycles. The van der Waals surface area contributed by atoms with E-state index < -0.39 is 0 Å². The van der Waals surface area contributed by atoms with E-state index in [4.69, 9.17) is 5.26 Å². The lowest BCUT2D eigenvalue weighted by Gasteiger charge is -2.17. The van der Waals surface area contributed by atoms with Crippen molar-refractivity contribution in [3.05, 3.63) is 52.3 Å². The predicted molar refractivity (Wildman–Crippen MR) is 84.0 cm³/mol. The average Bonchev–Trinajstić information content (AvgIpc) is 2.74. The number of likely N-dealkylation sites (N-methyl/N-ethyl adjacent to an activating group) is 1. The second-order valence-electron chi connectivity index (χ2n) is 5.51. The van der Waals surface area contributed by atoms with Crippen LogP contribution in [0.1, 0.15) is 28.1 Å². The number of nitriles is 1. The third kappa shape index (κ3) is 3.34. The van der Waals surface area contributed by atoms with Gasteiger partial charge in [-0.25, -0.2) is 0 Å². The summed E-state index contributed by atoms with van der Waals surface area (Å²) in [5.41, 5.74) is 4.56. The van der Waals surface area contributed by atoms with Crippen molar-refractivity contribution in [1.29, 1.82) is 5.26 Å². The minimum atomic E-state index is 0.0589. The number of hydrogen-bond donors (Lipinski definition) is 0. The molecule has 0 spiro atoms. The molecule has 1 amide bonds. The highest BCUT2D eigenvalue weighted by molar-refractivity contribution is 5.79. The van der Waals surface area contributed by atoms with E-state index in [0.29, 0.717) is 18.5 Å². The Hall–Kier alpha value is -2.61. The maximum atomic E-state index is 12.4. The highest BCUT2D eigenvalue weighted by Crippen LogP contribution is 2.14.